The number of nitro benzene ring substituents is 1. The van der Waals surface area contributed by atoms with Crippen LogP contribution in [-0.4, -0.2) is 31.1 Å². The minimum atomic E-state index is -0.924. The largest absolute Gasteiger partial charge is 0.497 e. The maximum Gasteiger partial charge on any atom is 0.338 e. The monoisotopic (exact) mass is 397 g/mol. The number of aryl methyl sites for hydroxylation is 1. The van der Waals surface area contributed by atoms with Gasteiger partial charge in [0.1, 0.15) is 5.75 Å². The van der Waals surface area contributed by atoms with Crippen molar-refractivity contribution in [3.8, 4) is 5.75 Å². The van der Waals surface area contributed by atoms with Gasteiger partial charge in [0.2, 0.25) is 0 Å². The summed E-state index contributed by atoms with van der Waals surface area (Å²) in [5, 5.41) is 16.6. The Balaban J connectivity index is 2.19. The van der Waals surface area contributed by atoms with Crippen LogP contribution in [0.4, 0.5) is 10.5 Å². The third kappa shape index (κ3) is 3.88. The summed E-state index contributed by atoms with van der Waals surface area (Å²) in [4.78, 5) is 35.8. The number of esters is 1. The highest BCUT2D eigenvalue weighted by Crippen LogP contribution is 2.34. The van der Waals surface area contributed by atoms with E-state index in [1.807, 2.05) is 0 Å². The number of methoxy groups -OCH3 is 2. The van der Waals surface area contributed by atoms with Crippen LogP contribution in [0.5, 0.6) is 5.75 Å². The van der Waals surface area contributed by atoms with Crippen molar-refractivity contribution in [1.82, 2.24) is 10.6 Å². The van der Waals surface area contributed by atoms with E-state index < -0.39 is 23.0 Å². The Morgan fingerprint density at radius 1 is 1.14 bits per heavy atom. The number of benzene rings is 2. The number of urea groups is 1. The number of rotatable bonds is 5. The number of hydrogen-bond acceptors (Lipinski definition) is 6. The molecule has 1 aliphatic rings. The molecule has 2 N–H and O–H groups in total. The van der Waals surface area contributed by atoms with Crippen LogP contribution in [0.25, 0.3) is 5.70 Å². The molecule has 2 aromatic carbocycles. The Hall–Kier alpha value is -3.88. The van der Waals surface area contributed by atoms with Gasteiger partial charge in [-0.1, -0.05) is 12.1 Å². The highest BCUT2D eigenvalue weighted by atomic mass is 16.6. The SMILES string of the molecule is COC(=O)C1=C(c2ccc(OC)cc2)NC(=O)NC1c1ccc(C)c([N+](=O)[O-])c1. The van der Waals surface area contributed by atoms with Gasteiger partial charge in [-0.3, -0.25) is 10.1 Å². The molecule has 0 bridgehead atoms. The summed E-state index contributed by atoms with van der Waals surface area (Å²) in [7, 11) is 2.76. The number of carbonyl (C=O) groups excluding carboxylic acids is 2. The fourth-order valence-corrected chi connectivity index (χ4v) is 3.13. The van der Waals surface area contributed by atoms with E-state index in [0.29, 0.717) is 22.4 Å². The Labute approximate surface area is 166 Å². The van der Waals surface area contributed by atoms with Gasteiger partial charge in [0.05, 0.1) is 36.5 Å². The second-order valence-electron chi connectivity index (χ2n) is 6.34. The van der Waals surface area contributed by atoms with Crippen LogP contribution in [0.15, 0.2) is 48.0 Å². The smallest absolute Gasteiger partial charge is 0.338 e. The highest BCUT2D eigenvalue weighted by Gasteiger charge is 2.35. The number of hydrogen-bond donors (Lipinski definition) is 2. The van der Waals surface area contributed by atoms with Crippen LogP contribution in [0.1, 0.15) is 22.7 Å². The number of ether oxygens (including phenoxy) is 2. The molecule has 0 radical (unpaired) electrons. The van der Waals surface area contributed by atoms with Crippen molar-refractivity contribution in [2.45, 2.75) is 13.0 Å². The van der Waals surface area contributed by atoms with Crippen LogP contribution >= 0.6 is 0 Å². The molecule has 0 aromatic heterocycles. The molecule has 0 saturated heterocycles. The Morgan fingerprint density at radius 3 is 2.41 bits per heavy atom. The molecule has 0 fully saturated rings. The van der Waals surface area contributed by atoms with E-state index in [1.165, 1.54) is 20.3 Å². The molecule has 150 valence electrons. The van der Waals surface area contributed by atoms with Gasteiger partial charge in [-0.05, 0) is 42.3 Å². The Kier molecular flexibility index (Phi) is 5.49. The normalized spacial score (nSPS) is 16.0. The summed E-state index contributed by atoms with van der Waals surface area (Å²) >= 11 is 0. The van der Waals surface area contributed by atoms with Crippen LogP contribution in [0.3, 0.4) is 0 Å². The summed E-state index contributed by atoms with van der Waals surface area (Å²) in [6.45, 7) is 1.61. The van der Waals surface area contributed by atoms with Gasteiger partial charge < -0.3 is 20.1 Å². The molecule has 0 saturated carbocycles. The van der Waals surface area contributed by atoms with Gasteiger partial charge in [0.25, 0.3) is 5.69 Å². The van der Waals surface area contributed by atoms with Crippen molar-refractivity contribution in [3.05, 3.63) is 74.8 Å². The first-order chi connectivity index (χ1) is 13.8. The predicted octanol–water partition coefficient (Wildman–Crippen LogP) is 2.85. The maximum atomic E-state index is 12.6. The van der Waals surface area contributed by atoms with Gasteiger partial charge >= 0.3 is 12.0 Å². The molecular weight excluding hydrogens is 378 g/mol. The van der Waals surface area contributed by atoms with Crippen LogP contribution in [-0.2, 0) is 9.53 Å². The van der Waals surface area contributed by atoms with Gasteiger partial charge in [-0.25, -0.2) is 9.59 Å². The van der Waals surface area contributed by atoms with Crippen LogP contribution in [0.2, 0.25) is 0 Å². The fraction of sp³-hybridized carbons (Fsp3) is 0.200. The van der Waals surface area contributed by atoms with Crippen molar-refractivity contribution < 1.29 is 24.0 Å². The van der Waals surface area contributed by atoms with Crippen molar-refractivity contribution in [2.24, 2.45) is 0 Å². The van der Waals surface area contributed by atoms with E-state index in [9.17, 15) is 19.7 Å². The number of amides is 2. The van der Waals surface area contributed by atoms with E-state index in [4.69, 9.17) is 9.47 Å². The number of carbonyl (C=O) groups is 2. The predicted molar refractivity (Wildman–Crippen MR) is 104 cm³/mol. The zero-order valence-corrected chi connectivity index (χ0v) is 16.0. The quantitative estimate of drug-likeness (QED) is 0.455. The molecule has 2 amide bonds. The summed E-state index contributed by atoms with van der Waals surface area (Å²) in [6.07, 6.45) is 0. The van der Waals surface area contributed by atoms with Gasteiger partial charge in [-0.15, -0.1) is 0 Å². The van der Waals surface area contributed by atoms with E-state index in [0.717, 1.165) is 0 Å². The topological polar surface area (TPSA) is 120 Å². The first-order valence-corrected chi connectivity index (χ1v) is 8.65. The average Bonchev–Trinajstić information content (AvgIpc) is 2.72. The van der Waals surface area contributed by atoms with Gasteiger partial charge in [0.15, 0.2) is 0 Å². The van der Waals surface area contributed by atoms with Gasteiger partial charge in [-0.2, -0.15) is 0 Å². The molecular formula is C20H19N3O6. The number of nitrogens with one attached hydrogen (secondary N) is 2. The molecule has 3 rings (SSSR count). The third-order valence-corrected chi connectivity index (χ3v) is 4.62. The molecule has 1 unspecified atom stereocenters. The van der Waals surface area contributed by atoms with E-state index in [-0.39, 0.29) is 17.0 Å². The van der Waals surface area contributed by atoms with E-state index >= 15 is 0 Å². The molecule has 1 aliphatic heterocycles. The zero-order valence-electron chi connectivity index (χ0n) is 16.0. The summed E-state index contributed by atoms with van der Waals surface area (Å²) < 4.78 is 10.1. The lowest BCUT2D eigenvalue weighted by Crippen LogP contribution is -2.45. The second-order valence-corrected chi connectivity index (χ2v) is 6.34. The fourth-order valence-electron chi connectivity index (χ4n) is 3.13. The minimum absolute atomic E-state index is 0.106. The summed E-state index contributed by atoms with van der Waals surface area (Å²) in [6, 6.07) is 9.85. The van der Waals surface area contributed by atoms with E-state index in [1.54, 1.807) is 43.3 Å². The zero-order chi connectivity index (χ0) is 21.1. The molecule has 1 atom stereocenters. The van der Waals surface area contributed by atoms with Crippen molar-refractivity contribution in [3.63, 3.8) is 0 Å². The number of nitrogens with zero attached hydrogens (tertiary/aromatic N) is 1. The lowest BCUT2D eigenvalue weighted by atomic mass is 9.92. The van der Waals surface area contributed by atoms with Crippen molar-refractivity contribution in [1.29, 1.82) is 0 Å². The maximum absolute atomic E-state index is 12.6. The minimum Gasteiger partial charge on any atom is -0.497 e. The molecule has 9 nitrogen and oxygen atoms in total. The molecule has 0 aliphatic carbocycles. The van der Waals surface area contributed by atoms with Gasteiger partial charge in [0, 0.05) is 11.6 Å². The molecule has 9 heteroatoms. The molecule has 29 heavy (non-hydrogen) atoms. The highest BCUT2D eigenvalue weighted by molar-refractivity contribution is 6.04. The third-order valence-electron chi connectivity index (χ3n) is 4.62. The summed E-state index contributed by atoms with van der Waals surface area (Å²) in [5.41, 5.74) is 1.71. The average molecular weight is 397 g/mol. The molecule has 2 aromatic rings. The lowest BCUT2D eigenvalue weighted by molar-refractivity contribution is -0.385. The first-order valence-electron chi connectivity index (χ1n) is 8.65. The number of nitro groups is 1. The second kappa shape index (κ2) is 8.01. The Bertz CT molecular complexity index is 1010. The molecule has 0 spiro atoms. The molecule has 1 heterocycles. The summed E-state index contributed by atoms with van der Waals surface area (Å²) in [5.74, 6) is -0.0588. The van der Waals surface area contributed by atoms with Crippen molar-refractivity contribution >= 4 is 23.4 Å². The van der Waals surface area contributed by atoms with Crippen LogP contribution < -0.4 is 15.4 Å². The van der Waals surface area contributed by atoms with Crippen molar-refractivity contribution in [2.75, 3.05) is 14.2 Å². The van der Waals surface area contributed by atoms with E-state index in [2.05, 4.69) is 10.6 Å². The standard InChI is InChI=1S/C20H19N3O6/c1-11-4-5-13(10-15(11)23(26)27)18-16(19(24)29-3)17(21-20(25)22-18)12-6-8-14(28-2)9-7-12/h4-10,18H,1-3H3,(H2,21,22,25). The Morgan fingerprint density at radius 2 is 1.83 bits per heavy atom. The van der Waals surface area contributed by atoms with Crippen LogP contribution in [0, 0.1) is 17.0 Å². The lowest BCUT2D eigenvalue weighted by Gasteiger charge is -2.29. The first kappa shape index (κ1) is 19.9.